The second kappa shape index (κ2) is 12.0. The Morgan fingerprint density at radius 2 is 1.49 bits per heavy atom. The first-order valence-corrected chi connectivity index (χ1v) is 13.3. The maximum Gasteiger partial charge on any atom is 0.322 e. The number of hydrogen-bond acceptors (Lipinski definition) is 3. The second-order valence-electron chi connectivity index (χ2n) is 10.4. The van der Waals surface area contributed by atoms with Crippen LogP contribution >= 0.6 is 0 Å². The lowest BCUT2D eigenvalue weighted by Crippen LogP contribution is -2.43. The third kappa shape index (κ3) is 6.55. The van der Waals surface area contributed by atoms with Crippen molar-refractivity contribution < 1.29 is 9.59 Å². The molecule has 0 bridgehead atoms. The van der Waals surface area contributed by atoms with E-state index in [2.05, 4.69) is 10.6 Å². The number of amides is 3. The molecule has 0 spiro atoms. The van der Waals surface area contributed by atoms with E-state index in [0.29, 0.717) is 12.4 Å². The number of anilines is 2. The molecule has 202 valence electrons. The molecule has 0 saturated carbocycles. The predicted molar refractivity (Wildman–Crippen MR) is 158 cm³/mol. The molecule has 7 nitrogen and oxygen atoms in total. The van der Waals surface area contributed by atoms with Gasteiger partial charge in [0.1, 0.15) is 12.4 Å². The van der Waals surface area contributed by atoms with Crippen molar-refractivity contribution in [1.29, 1.82) is 0 Å². The van der Waals surface area contributed by atoms with Gasteiger partial charge in [-0.25, -0.2) is 9.48 Å². The average Bonchev–Trinajstić information content (AvgIpc) is 3.21. The quantitative estimate of drug-likeness (QED) is 0.264. The van der Waals surface area contributed by atoms with Gasteiger partial charge in [0, 0.05) is 17.8 Å². The SMILES string of the molecule is Cc1ccc(-n2nc(C)c(-c3ccccc3)c2NC(=O)CN(CC(C)C)C(=O)Nc2c(C)cccc2C)cc1. The highest BCUT2D eigenvalue weighted by atomic mass is 16.2. The van der Waals surface area contributed by atoms with Gasteiger partial charge in [0.15, 0.2) is 0 Å². The van der Waals surface area contributed by atoms with Crippen molar-refractivity contribution in [2.45, 2.75) is 41.5 Å². The first-order valence-electron chi connectivity index (χ1n) is 13.3. The lowest BCUT2D eigenvalue weighted by atomic mass is 10.1. The summed E-state index contributed by atoms with van der Waals surface area (Å²) in [5.74, 6) is 0.465. The lowest BCUT2D eigenvalue weighted by Gasteiger charge is -2.25. The summed E-state index contributed by atoms with van der Waals surface area (Å²) in [6.07, 6.45) is 0. The molecule has 39 heavy (non-hydrogen) atoms. The number of urea groups is 1. The van der Waals surface area contributed by atoms with Gasteiger partial charge in [0.2, 0.25) is 5.91 Å². The largest absolute Gasteiger partial charge is 0.322 e. The van der Waals surface area contributed by atoms with Crippen molar-refractivity contribution in [1.82, 2.24) is 14.7 Å². The van der Waals surface area contributed by atoms with E-state index in [4.69, 9.17) is 5.10 Å². The average molecular weight is 524 g/mol. The highest BCUT2D eigenvalue weighted by molar-refractivity contribution is 5.99. The number of aromatic nitrogens is 2. The summed E-state index contributed by atoms with van der Waals surface area (Å²) < 4.78 is 1.76. The molecule has 1 aromatic heterocycles. The molecule has 0 fully saturated rings. The molecular weight excluding hydrogens is 486 g/mol. The number of nitrogens with one attached hydrogen (secondary N) is 2. The zero-order chi connectivity index (χ0) is 28.1. The molecule has 0 unspecified atom stereocenters. The summed E-state index contributed by atoms with van der Waals surface area (Å²) in [5.41, 5.74) is 7.30. The van der Waals surface area contributed by atoms with E-state index in [9.17, 15) is 9.59 Å². The molecule has 4 aromatic rings. The standard InChI is InChI=1S/C32H37N5O2/c1-21(2)19-36(32(39)34-30-23(4)11-10-12-24(30)5)20-28(38)33-31-29(26-13-8-7-9-14-26)25(6)35-37(31)27-17-15-22(3)16-18-27/h7-18,21H,19-20H2,1-6H3,(H,33,38)(H,34,39). The van der Waals surface area contributed by atoms with Gasteiger partial charge in [-0.15, -0.1) is 0 Å². The number of carbonyl (C=O) groups is 2. The minimum Gasteiger partial charge on any atom is -0.315 e. The van der Waals surface area contributed by atoms with E-state index in [1.807, 2.05) is 114 Å². The van der Waals surface area contributed by atoms with Crippen LogP contribution in [0.2, 0.25) is 0 Å². The van der Waals surface area contributed by atoms with Gasteiger partial charge in [-0.1, -0.05) is 80.1 Å². The first kappa shape index (κ1) is 27.6. The summed E-state index contributed by atoms with van der Waals surface area (Å²) in [4.78, 5) is 28.5. The molecule has 3 amide bonds. The van der Waals surface area contributed by atoms with Crippen LogP contribution < -0.4 is 10.6 Å². The van der Waals surface area contributed by atoms with Crippen molar-refractivity contribution in [3.8, 4) is 16.8 Å². The molecule has 3 aromatic carbocycles. The molecule has 4 rings (SSSR count). The number of para-hydroxylation sites is 1. The summed E-state index contributed by atoms with van der Waals surface area (Å²) in [6, 6.07) is 23.5. The van der Waals surface area contributed by atoms with Gasteiger partial charge < -0.3 is 15.5 Å². The lowest BCUT2D eigenvalue weighted by molar-refractivity contribution is -0.116. The molecule has 0 atom stereocenters. The fourth-order valence-electron chi connectivity index (χ4n) is 4.67. The van der Waals surface area contributed by atoms with Crippen molar-refractivity contribution in [3.05, 3.63) is 95.2 Å². The number of aryl methyl sites for hydroxylation is 4. The molecule has 2 N–H and O–H groups in total. The summed E-state index contributed by atoms with van der Waals surface area (Å²) >= 11 is 0. The Kier molecular flexibility index (Phi) is 8.49. The number of rotatable bonds is 8. The second-order valence-corrected chi connectivity index (χ2v) is 10.4. The van der Waals surface area contributed by atoms with Crippen LogP contribution in [-0.2, 0) is 4.79 Å². The number of carbonyl (C=O) groups excluding carboxylic acids is 2. The smallest absolute Gasteiger partial charge is 0.315 e. The Morgan fingerprint density at radius 3 is 2.10 bits per heavy atom. The van der Waals surface area contributed by atoms with Gasteiger partial charge in [-0.2, -0.15) is 5.10 Å². The molecular formula is C32H37N5O2. The van der Waals surface area contributed by atoms with Gasteiger partial charge in [0.05, 0.1) is 11.4 Å². The number of hydrogen-bond donors (Lipinski definition) is 2. The summed E-state index contributed by atoms with van der Waals surface area (Å²) in [5, 5.41) is 10.9. The molecule has 0 radical (unpaired) electrons. The Balaban J connectivity index is 1.65. The van der Waals surface area contributed by atoms with Gasteiger partial charge >= 0.3 is 6.03 Å². The van der Waals surface area contributed by atoms with Crippen molar-refractivity contribution >= 4 is 23.4 Å². The molecule has 0 aliphatic heterocycles. The van der Waals surface area contributed by atoms with E-state index in [1.165, 1.54) is 0 Å². The maximum atomic E-state index is 13.6. The Labute approximate surface area is 230 Å². The van der Waals surface area contributed by atoms with Crippen molar-refractivity contribution in [3.63, 3.8) is 0 Å². The minimum atomic E-state index is -0.303. The van der Waals surface area contributed by atoms with Gasteiger partial charge in [0.25, 0.3) is 0 Å². The van der Waals surface area contributed by atoms with E-state index in [0.717, 1.165) is 44.9 Å². The summed E-state index contributed by atoms with van der Waals surface area (Å²) in [6.45, 7) is 12.3. The van der Waals surface area contributed by atoms with E-state index in [-0.39, 0.29) is 24.4 Å². The summed E-state index contributed by atoms with van der Waals surface area (Å²) in [7, 11) is 0. The molecule has 1 heterocycles. The number of nitrogens with zero attached hydrogens (tertiary/aromatic N) is 3. The van der Waals surface area contributed by atoms with Crippen LogP contribution in [0.1, 0.15) is 36.2 Å². The van der Waals surface area contributed by atoms with Crippen molar-refractivity contribution in [2.24, 2.45) is 5.92 Å². The highest BCUT2D eigenvalue weighted by Crippen LogP contribution is 2.33. The van der Waals surface area contributed by atoms with Crippen LogP contribution in [-0.4, -0.2) is 39.7 Å². The first-order chi connectivity index (χ1) is 18.6. The zero-order valence-electron chi connectivity index (χ0n) is 23.6. The van der Waals surface area contributed by atoms with Crippen LogP contribution in [0.3, 0.4) is 0 Å². The van der Waals surface area contributed by atoms with Crippen LogP contribution in [0.4, 0.5) is 16.3 Å². The topological polar surface area (TPSA) is 79.3 Å². The molecule has 0 aliphatic rings. The Bertz CT molecular complexity index is 1440. The minimum absolute atomic E-state index is 0.0959. The highest BCUT2D eigenvalue weighted by Gasteiger charge is 2.24. The third-order valence-corrected chi connectivity index (χ3v) is 6.58. The van der Waals surface area contributed by atoms with Gasteiger partial charge in [-0.05, 0) is 62.4 Å². The Hall–Kier alpha value is -4.39. The Morgan fingerprint density at radius 1 is 0.846 bits per heavy atom. The third-order valence-electron chi connectivity index (χ3n) is 6.58. The fourth-order valence-corrected chi connectivity index (χ4v) is 4.67. The fraction of sp³-hybridized carbons (Fsp3) is 0.281. The normalized spacial score (nSPS) is 10.9. The van der Waals surface area contributed by atoms with Crippen LogP contribution in [0, 0.1) is 33.6 Å². The molecule has 0 aliphatic carbocycles. The predicted octanol–water partition coefficient (Wildman–Crippen LogP) is 6.90. The zero-order valence-corrected chi connectivity index (χ0v) is 23.6. The van der Waals surface area contributed by atoms with Crippen LogP contribution in [0.5, 0.6) is 0 Å². The van der Waals surface area contributed by atoms with Gasteiger partial charge in [-0.3, -0.25) is 4.79 Å². The van der Waals surface area contributed by atoms with E-state index < -0.39 is 0 Å². The maximum absolute atomic E-state index is 13.6. The molecule has 7 heteroatoms. The number of benzene rings is 3. The monoisotopic (exact) mass is 523 g/mol. The van der Waals surface area contributed by atoms with Crippen molar-refractivity contribution in [2.75, 3.05) is 23.7 Å². The van der Waals surface area contributed by atoms with E-state index in [1.54, 1.807) is 9.58 Å². The molecule has 0 saturated heterocycles. The van der Waals surface area contributed by atoms with E-state index >= 15 is 0 Å². The van der Waals surface area contributed by atoms with Crippen LogP contribution in [0.25, 0.3) is 16.8 Å². The van der Waals surface area contributed by atoms with Crippen LogP contribution in [0.15, 0.2) is 72.8 Å².